The van der Waals surface area contributed by atoms with Gasteiger partial charge in [-0.05, 0) is 6.42 Å². The van der Waals surface area contributed by atoms with Crippen LogP contribution in [-0.2, 0) is 0 Å². The van der Waals surface area contributed by atoms with E-state index in [2.05, 4.69) is 29.4 Å². The van der Waals surface area contributed by atoms with Gasteiger partial charge in [-0.1, -0.05) is 13.3 Å². The predicted octanol–water partition coefficient (Wildman–Crippen LogP) is 2.18. The third-order valence-corrected chi connectivity index (χ3v) is 2.14. The van der Waals surface area contributed by atoms with E-state index in [4.69, 9.17) is 0 Å². The number of nitrogens with zero attached hydrogens (tertiary/aromatic N) is 2. The molecule has 11 heavy (non-hydrogen) atoms. The Labute approximate surface area is 71.9 Å². The van der Waals surface area contributed by atoms with Gasteiger partial charge in [0.1, 0.15) is 5.82 Å². The molecule has 1 heterocycles. The van der Waals surface area contributed by atoms with Crippen molar-refractivity contribution in [2.24, 2.45) is 0 Å². The minimum atomic E-state index is 1.04. The fourth-order valence-corrected chi connectivity index (χ4v) is 1.40. The van der Waals surface area contributed by atoms with Crippen LogP contribution in [0.5, 0.6) is 0 Å². The molecular weight excluding hydrogens is 156 g/mol. The average Bonchev–Trinajstić information content (AvgIpc) is 2.52. The van der Waals surface area contributed by atoms with Crippen molar-refractivity contribution in [3.8, 4) is 0 Å². The molecule has 0 aromatic carbocycles. The zero-order valence-corrected chi connectivity index (χ0v) is 7.82. The maximum absolute atomic E-state index is 4.09. The van der Waals surface area contributed by atoms with Crippen LogP contribution in [-0.4, -0.2) is 18.6 Å². The van der Waals surface area contributed by atoms with E-state index in [9.17, 15) is 0 Å². The quantitative estimate of drug-likeness (QED) is 0.686. The van der Waals surface area contributed by atoms with Gasteiger partial charge in [0.2, 0.25) is 0 Å². The van der Waals surface area contributed by atoms with Gasteiger partial charge < -0.3 is 4.90 Å². The summed E-state index contributed by atoms with van der Waals surface area (Å²) in [6.07, 6.45) is 2.46. The summed E-state index contributed by atoms with van der Waals surface area (Å²) in [5, 5.41) is 2.02. The van der Waals surface area contributed by atoms with Crippen molar-refractivity contribution >= 4 is 17.2 Å². The van der Waals surface area contributed by atoms with E-state index in [-0.39, 0.29) is 0 Å². The summed E-state index contributed by atoms with van der Waals surface area (Å²) >= 11 is 1.52. The van der Waals surface area contributed by atoms with Crippen molar-refractivity contribution in [1.29, 1.82) is 0 Å². The first kappa shape index (κ1) is 8.53. The van der Waals surface area contributed by atoms with Crippen LogP contribution in [0.1, 0.15) is 19.8 Å². The van der Waals surface area contributed by atoms with Crippen LogP contribution in [0.3, 0.4) is 0 Å². The van der Waals surface area contributed by atoms with Crippen LogP contribution >= 0.6 is 11.3 Å². The van der Waals surface area contributed by atoms with E-state index in [1.807, 2.05) is 5.38 Å². The molecule has 0 fully saturated rings. The summed E-state index contributed by atoms with van der Waals surface area (Å²) in [5.41, 5.74) is 2.84. The Morgan fingerprint density at radius 2 is 2.55 bits per heavy atom. The minimum Gasteiger partial charge on any atom is -0.359 e. The van der Waals surface area contributed by atoms with Gasteiger partial charge >= 0.3 is 0 Å². The maximum atomic E-state index is 4.09. The van der Waals surface area contributed by atoms with E-state index in [1.54, 1.807) is 0 Å². The summed E-state index contributed by atoms with van der Waals surface area (Å²) in [4.78, 5) is 6.25. The first-order valence-electron chi connectivity index (χ1n) is 3.87. The van der Waals surface area contributed by atoms with E-state index in [0.717, 1.165) is 12.4 Å². The largest absolute Gasteiger partial charge is 0.359 e. The Morgan fingerprint density at radius 1 is 1.73 bits per heavy atom. The molecule has 0 unspecified atom stereocenters. The molecule has 3 heteroatoms. The Kier molecular flexibility index (Phi) is 3.36. The molecular formula is C8H13N2S. The van der Waals surface area contributed by atoms with Gasteiger partial charge in [0, 0.05) is 19.0 Å². The lowest BCUT2D eigenvalue weighted by atomic mass is 10.3. The molecule has 1 rings (SSSR count). The molecule has 61 valence electrons. The molecule has 0 spiro atoms. The zero-order chi connectivity index (χ0) is 8.10. The number of aromatic nitrogens is 1. The van der Waals surface area contributed by atoms with E-state index in [0.29, 0.717) is 0 Å². The molecule has 1 radical (unpaired) electrons. The molecule has 0 saturated carbocycles. The second-order valence-corrected chi connectivity index (χ2v) is 3.23. The second kappa shape index (κ2) is 4.34. The fourth-order valence-electron chi connectivity index (χ4n) is 0.864. The van der Waals surface area contributed by atoms with Crippen molar-refractivity contribution in [3.63, 3.8) is 0 Å². The molecule has 1 aromatic heterocycles. The van der Waals surface area contributed by atoms with Gasteiger partial charge in [-0.25, -0.2) is 4.98 Å². The topological polar surface area (TPSA) is 16.1 Å². The van der Waals surface area contributed by atoms with E-state index in [1.165, 1.54) is 24.2 Å². The second-order valence-electron chi connectivity index (χ2n) is 2.57. The standard InChI is InChI=1S/C8H13N2S/c1-3-4-5-10(2)8-6-11-7-9-8/h6H,3-5H2,1-2H3. The summed E-state index contributed by atoms with van der Waals surface area (Å²) < 4.78 is 0. The van der Waals surface area contributed by atoms with E-state index < -0.39 is 0 Å². The van der Waals surface area contributed by atoms with E-state index >= 15 is 0 Å². The molecule has 0 N–H and O–H groups in total. The monoisotopic (exact) mass is 169 g/mol. The van der Waals surface area contributed by atoms with Crippen LogP contribution in [0.15, 0.2) is 5.38 Å². The minimum absolute atomic E-state index is 1.04. The lowest BCUT2D eigenvalue weighted by Crippen LogP contribution is -2.18. The number of hydrogen-bond donors (Lipinski definition) is 0. The highest BCUT2D eigenvalue weighted by atomic mass is 32.1. The van der Waals surface area contributed by atoms with Gasteiger partial charge in [0.05, 0.1) is 0 Å². The maximum Gasteiger partial charge on any atom is 0.154 e. The fraction of sp³-hybridized carbons (Fsp3) is 0.625. The van der Waals surface area contributed by atoms with Crippen LogP contribution in [0.2, 0.25) is 0 Å². The lowest BCUT2D eigenvalue weighted by molar-refractivity contribution is 0.761. The first-order valence-corrected chi connectivity index (χ1v) is 4.75. The van der Waals surface area contributed by atoms with Crippen LogP contribution in [0, 0.1) is 5.51 Å². The summed E-state index contributed by atoms with van der Waals surface area (Å²) in [6.45, 7) is 3.29. The first-order chi connectivity index (χ1) is 5.34. The molecule has 0 bridgehead atoms. The normalized spacial score (nSPS) is 10.0. The Hall–Kier alpha value is -0.570. The van der Waals surface area contributed by atoms with Gasteiger partial charge in [0.25, 0.3) is 0 Å². The molecule has 0 aliphatic rings. The molecule has 0 amide bonds. The lowest BCUT2D eigenvalue weighted by Gasteiger charge is -2.14. The number of unbranched alkanes of at least 4 members (excludes halogenated alkanes) is 1. The third-order valence-electron chi connectivity index (χ3n) is 1.62. The molecule has 0 aliphatic heterocycles. The number of anilines is 1. The molecule has 2 nitrogen and oxygen atoms in total. The molecule has 0 aliphatic carbocycles. The van der Waals surface area contributed by atoms with Gasteiger partial charge in [-0.15, -0.1) is 11.3 Å². The van der Waals surface area contributed by atoms with Crippen molar-refractivity contribution in [3.05, 3.63) is 10.9 Å². The molecule has 1 aromatic rings. The highest BCUT2D eigenvalue weighted by molar-refractivity contribution is 7.07. The number of thiazole rings is 1. The van der Waals surface area contributed by atoms with Crippen molar-refractivity contribution in [2.45, 2.75) is 19.8 Å². The van der Waals surface area contributed by atoms with Crippen molar-refractivity contribution < 1.29 is 0 Å². The summed E-state index contributed by atoms with van der Waals surface area (Å²) in [6, 6.07) is 0. The SMILES string of the molecule is CCCCN(C)c1cs[c]n1. The van der Waals surface area contributed by atoms with Crippen LogP contribution in [0.4, 0.5) is 5.82 Å². The Balaban J connectivity index is 2.36. The summed E-state index contributed by atoms with van der Waals surface area (Å²) in [5.74, 6) is 1.04. The third kappa shape index (κ3) is 2.50. The van der Waals surface area contributed by atoms with Gasteiger partial charge in [0.15, 0.2) is 5.51 Å². The van der Waals surface area contributed by atoms with Gasteiger partial charge in [-0.2, -0.15) is 0 Å². The van der Waals surface area contributed by atoms with Crippen LogP contribution < -0.4 is 4.90 Å². The molecule has 0 atom stereocenters. The Morgan fingerprint density at radius 3 is 3.09 bits per heavy atom. The zero-order valence-electron chi connectivity index (χ0n) is 7.00. The summed E-state index contributed by atoms with van der Waals surface area (Å²) in [7, 11) is 2.07. The Bertz CT molecular complexity index is 184. The number of rotatable bonds is 4. The van der Waals surface area contributed by atoms with Crippen molar-refractivity contribution in [2.75, 3.05) is 18.5 Å². The highest BCUT2D eigenvalue weighted by Crippen LogP contribution is 2.11. The predicted molar refractivity (Wildman–Crippen MR) is 49.1 cm³/mol. The van der Waals surface area contributed by atoms with Crippen LogP contribution in [0.25, 0.3) is 0 Å². The number of hydrogen-bond acceptors (Lipinski definition) is 3. The molecule has 0 saturated heterocycles. The highest BCUT2D eigenvalue weighted by Gasteiger charge is 2.00. The smallest absolute Gasteiger partial charge is 0.154 e. The van der Waals surface area contributed by atoms with Gasteiger partial charge in [-0.3, -0.25) is 0 Å². The van der Waals surface area contributed by atoms with Crippen molar-refractivity contribution in [1.82, 2.24) is 4.98 Å². The average molecular weight is 169 g/mol.